The Kier molecular flexibility index (Phi) is 6.34. The molecule has 0 spiro atoms. The zero-order valence-electron chi connectivity index (χ0n) is 13.4. The van der Waals surface area contributed by atoms with Crippen LogP contribution in [-0.2, 0) is 4.79 Å². The van der Waals surface area contributed by atoms with E-state index in [9.17, 15) is 18.4 Å². The summed E-state index contributed by atoms with van der Waals surface area (Å²) in [7, 11) is 0. The van der Waals surface area contributed by atoms with E-state index < -0.39 is 24.7 Å². The number of rotatable bonds is 5. The lowest BCUT2D eigenvalue weighted by Crippen LogP contribution is -2.49. The predicted octanol–water partition coefficient (Wildman–Crippen LogP) is 2.32. The maximum atomic E-state index is 12.3. The minimum absolute atomic E-state index is 0.0275. The molecule has 1 aromatic carbocycles. The maximum absolute atomic E-state index is 12.3. The number of hydrogen-bond donors (Lipinski definition) is 3. The van der Waals surface area contributed by atoms with Gasteiger partial charge in [-0.1, -0.05) is 12.1 Å². The summed E-state index contributed by atoms with van der Waals surface area (Å²) >= 11 is 0. The molecule has 6 nitrogen and oxygen atoms in total. The van der Waals surface area contributed by atoms with Gasteiger partial charge in [-0.05, 0) is 43.9 Å². The molecule has 0 radical (unpaired) electrons. The molecule has 1 fully saturated rings. The first-order valence-corrected chi connectivity index (χ1v) is 7.85. The van der Waals surface area contributed by atoms with Crippen molar-refractivity contribution in [3.63, 3.8) is 0 Å². The summed E-state index contributed by atoms with van der Waals surface area (Å²) in [4.78, 5) is 23.9. The Morgan fingerprint density at radius 3 is 2.92 bits per heavy atom. The van der Waals surface area contributed by atoms with Gasteiger partial charge in [0.2, 0.25) is 5.91 Å². The Hall–Kier alpha value is -2.38. The van der Waals surface area contributed by atoms with Crippen molar-refractivity contribution in [2.24, 2.45) is 0 Å². The van der Waals surface area contributed by atoms with Crippen molar-refractivity contribution in [1.82, 2.24) is 16.0 Å². The first kappa shape index (κ1) is 18.0. The number of urea groups is 1. The highest BCUT2D eigenvalue weighted by molar-refractivity contribution is 5.87. The molecule has 1 aliphatic heterocycles. The average Bonchev–Trinajstić information content (AvgIpc) is 2.72. The highest BCUT2D eigenvalue weighted by atomic mass is 19.3. The topological polar surface area (TPSA) is 79.5 Å². The van der Waals surface area contributed by atoms with Gasteiger partial charge in [-0.2, -0.15) is 8.78 Å². The molecule has 0 aromatic heterocycles. The second-order valence-corrected chi connectivity index (χ2v) is 5.63. The summed E-state index contributed by atoms with van der Waals surface area (Å²) in [6.07, 6.45) is 2.33. The molecule has 1 aromatic rings. The fourth-order valence-corrected chi connectivity index (χ4v) is 2.52. The van der Waals surface area contributed by atoms with E-state index in [0.717, 1.165) is 12.8 Å². The first-order chi connectivity index (χ1) is 11.5. The van der Waals surface area contributed by atoms with Crippen LogP contribution in [0.3, 0.4) is 0 Å². The molecule has 24 heavy (non-hydrogen) atoms. The predicted molar refractivity (Wildman–Crippen MR) is 83.8 cm³/mol. The molecule has 132 valence electrons. The minimum atomic E-state index is -2.90. The van der Waals surface area contributed by atoms with Gasteiger partial charge in [0.1, 0.15) is 11.8 Å². The molecular weight excluding hydrogens is 320 g/mol. The molecule has 2 rings (SSSR count). The summed E-state index contributed by atoms with van der Waals surface area (Å²) in [6.45, 7) is -0.569. The van der Waals surface area contributed by atoms with E-state index in [1.54, 1.807) is 19.1 Å². The van der Waals surface area contributed by atoms with E-state index in [4.69, 9.17) is 0 Å². The van der Waals surface area contributed by atoms with Crippen molar-refractivity contribution in [3.05, 3.63) is 29.8 Å². The third-order valence-electron chi connectivity index (χ3n) is 3.77. The van der Waals surface area contributed by atoms with Crippen LogP contribution < -0.4 is 20.7 Å². The zero-order chi connectivity index (χ0) is 17.5. The Morgan fingerprint density at radius 2 is 2.17 bits per heavy atom. The molecule has 1 heterocycles. The van der Waals surface area contributed by atoms with E-state index in [2.05, 4.69) is 20.7 Å². The largest absolute Gasteiger partial charge is 0.435 e. The minimum Gasteiger partial charge on any atom is -0.435 e. The van der Waals surface area contributed by atoms with Crippen LogP contribution in [-0.4, -0.2) is 31.1 Å². The van der Waals surface area contributed by atoms with Gasteiger partial charge >= 0.3 is 12.6 Å². The number of amides is 3. The molecule has 0 saturated carbocycles. The second kappa shape index (κ2) is 8.47. The second-order valence-electron chi connectivity index (χ2n) is 5.63. The van der Waals surface area contributed by atoms with Crippen LogP contribution >= 0.6 is 0 Å². The van der Waals surface area contributed by atoms with Crippen molar-refractivity contribution >= 4 is 11.9 Å². The van der Waals surface area contributed by atoms with Gasteiger partial charge in [-0.3, -0.25) is 4.79 Å². The smallest absolute Gasteiger partial charge is 0.387 e. The quantitative estimate of drug-likeness (QED) is 0.769. The molecule has 8 heteroatoms. The van der Waals surface area contributed by atoms with E-state index in [-0.39, 0.29) is 11.7 Å². The van der Waals surface area contributed by atoms with Gasteiger partial charge in [-0.15, -0.1) is 0 Å². The van der Waals surface area contributed by atoms with Crippen LogP contribution in [0.5, 0.6) is 5.75 Å². The third kappa shape index (κ3) is 5.36. The Morgan fingerprint density at radius 1 is 1.38 bits per heavy atom. The van der Waals surface area contributed by atoms with Crippen LogP contribution in [0, 0.1) is 0 Å². The van der Waals surface area contributed by atoms with Gasteiger partial charge in [0, 0.05) is 6.54 Å². The lowest BCUT2D eigenvalue weighted by Gasteiger charge is -2.19. The number of hydrogen-bond acceptors (Lipinski definition) is 3. The van der Waals surface area contributed by atoms with E-state index in [1.165, 1.54) is 12.1 Å². The normalized spacial score (nSPS) is 19.2. The lowest BCUT2D eigenvalue weighted by molar-refractivity contribution is -0.122. The number of halogens is 2. The molecule has 0 unspecified atom stereocenters. The van der Waals surface area contributed by atoms with Crippen molar-refractivity contribution < 1.29 is 23.1 Å². The van der Waals surface area contributed by atoms with Crippen LogP contribution in [0.4, 0.5) is 13.6 Å². The standard InChI is InChI=1S/C16H21F2N3O3/c1-10(11-5-4-6-12(9-11)24-15(17)18)20-16(23)21-13-7-2-3-8-19-14(13)22/h4-6,9-10,13,15H,2-3,7-8H2,1H3,(H,19,22)(H2,20,21,23)/t10-,13+/m0/s1. The number of ether oxygens (including phenoxy) is 1. The van der Waals surface area contributed by atoms with Crippen LogP contribution in [0.1, 0.15) is 37.8 Å². The summed E-state index contributed by atoms with van der Waals surface area (Å²) < 4.78 is 28.9. The van der Waals surface area contributed by atoms with Crippen molar-refractivity contribution in [2.45, 2.75) is 44.9 Å². The highest BCUT2D eigenvalue weighted by Gasteiger charge is 2.23. The molecule has 2 atom stereocenters. The van der Waals surface area contributed by atoms with Crippen molar-refractivity contribution in [2.75, 3.05) is 6.54 Å². The molecule has 0 aliphatic carbocycles. The maximum Gasteiger partial charge on any atom is 0.387 e. The summed E-state index contributed by atoms with van der Waals surface area (Å²) in [5.74, 6) is -0.165. The monoisotopic (exact) mass is 341 g/mol. The molecular formula is C16H21F2N3O3. The Balaban J connectivity index is 1.92. The van der Waals surface area contributed by atoms with Crippen molar-refractivity contribution in [1.29, 1.82) is 0 Å². The summed E-state index contributed by atoms with van der Waals surface area (Å²) in [6, 6.07) is 4.65. The van der Waals surface area contributed by atoms with E-state index >= 15 is 0 Å². The number of alkyl halides is 2. The van der Waals surface area contributed by atoms with Gasteiger partial charge in [0.15, 0.2) is 0 Å². The SMILES string of the molecule is C[C@H](NC(=O)N[C@@H]1CCCCNC1=O)c1cccc(OC(F)F)c1. The van der Waals surface area contributed by atoms with Crippen LogP contribution in [0.2, 0.25) is 0 Å². The van der Waals surface area contributed by atoms with Gasteiger partial charge < -0.3 is 20.7 Å². The Bertz CT molecular complexity index is 583. The molecule has 0 bridgehead atoms. The van der Waals surface area contributed by atoms with E-state index in [0.29, 0.717) is 18.5 Å². The van der Waals surface area contributed by atoms with Gasteiger partial charge in [0.25, 0.3) is 0 Å². The number of benzene rings is 1. The van der Waals surface area contributed by atoms with Crippen LogP contribution in [0.25, 0.3) is 0 Å². The van der Waals surface area contributed by atoms with Gasteiger partial charge in [0.05, 0.1) is 6.04 Å². The number of carbonyl (C=O) groups is 2. The fraction of sp³-hybridized carbons (Fsp3) is 0.500. The van der Waals surface area contributed by atoms with Crippen molar-refractivity contribution in [3.8, 4) is 5.75 Å². The molecule has 3 amide bonds. The average molecular weight is 341 g/mol. The van der Waals surface area contributed by atoms with Gasteiger partial charge in [-0.25, -0.2) is 4.79 Å². The first-order valence-electron chi connectivity index (χ1n) is 7.85. The molecule has 1 saturated heterocycles. The third-order valence-corrected chi connectivity index (χ3v) is 3.77. The fourth-order valence-electron chi connectivity index (χ4n) is 2.52. The molecule has 3 N–H and O–H groups in total. The molecule has 1 aliphatic rings. The highest BCUT2D eigenvalue weighted by Crippen LogP contribution is 2.20. The summed E-state index contributed by atoms with van der Waals surface area (Å²) in [5.41, 5.74) is 0.619. The Labute approximate surface area is 138 Å². The lowest BCUT2D eigenvalue weighted by atomic mass is 10.1. The summed E-state index contributed by atoms with van der Waals surface area (Å²) in [5, 5.41) is 8.08. The number of carbonyl (C=O) groups excluding carboxylic acids is 2. The van der Waals surface area contributed by atoms with Crippen LogP contribution in [0.15, 0.2) is 24.3 Å². The number of nitrogens with one attached hydrogen (secondary N) is 3. The van der Waals surface area contributed by atoms with E-state index in [1.807, 2.05) is 0 Å². The zero-order valence-corrected chi connectivity index (χ0v) is 13.4.